The molecule has 0 radical (unpaired) electrons. The van der Waals surface area contributed by atoms with Gasteiger partial charge in [-0.25, -0.2) is 9.18 Å². The van der Waals surface area contributed by atoms with Crippen LogP contribution in [-0.2, 0) is 16.0 Å². The molecule has 3 amide bonds. The molecule has 1 heterocycles. The quantitative estimate of drug-likeness (QED) is 0.630. The predicted octanol–water partition coefficient (Wildman–Crippen LogP) is 1.32. The van der Waals surface area contributed by atoms with Crippen molar-refractivity contribution in [2.45, 2.75) is 18.6 Å². The van der Waals surface area contributed by atoms with Crippen LogP contribution < -0.4 is 16.0 Å². The molecule has 1 aliphatic rings. The molecule has 0 aromatic heterocycles. The van der Waals surface area contributed by atoms with E-state index in [9.17, 15) is 23.9 Å². The molecule has 29 heavy (non-hydrogen) atoms. The van der Waals surface area contributed by atoms with Gasteiger partial charge in [0, 0.05) is 30.8 Å². The van der Waals surface area contributed by atoms with Crippen molar-refractivity contribution in [3.05, 3.63) is 65.5 Å². The predicted molar refractivity (Wildman–Crippen MR) is 101 cm³/mol. The zero-order valence-corrected chi connectivity index (χ0v) is 15.4. The van der Waals surface area contributed by atoms with Crippen molar-refractivity contribution in [1.29, 1.82) is 0 Å². The Morgan fingerprint density at radius 2 is 2.00 bits per heavy atom. The molecule has 1 fully saturated rings. The van der Waals surface area contributed by atoms with Gasteiger partial charge in [0.15, 0.2) is 0 Å². The normalized spacial score (nSPS) is 18.6. The summed E-state index contributed by atoms with van der Waals surface area (Å²) in [4.78, 5) is 37.1. The second-order valence-corrected chi connectivity index (χ2v) is 6.56. The maximum absolute atomic E-state index is 13.6. The Morgan fingerprint density at radius 1 is 1.24 bits per heavy atom. The van der Waals surface area contributed by atoms with E-state index in [1.165, 1.54) is 23.1 Å². The third-order valence-corrected chi connectivity index (χ3v) is 4.58. The summed E-state index contributed by atoms with van der Waals surface area (Å²) in [5.74, 6) is -4.20. The molecule has 1 atom stereocenters. The first kappa shape index (κ1) is 20.3. The highest BCUT2D eigenvalue weighted by atomic mass is 19.1. The van der Waals surface area contributed by atoms with E-state index in [4.69, 9.17) is 10.5 Å². The number of primary amides is 1. The lowest BCUT2D eigenvalue weighted by molar-refractivity contribution is -0.175. The molecular formula is C20H20FN3O5. The third kappa shape index (κ3) is 4.52. The summed E-state index contributed by atoms with van der Waals surface area (Å²) in [6.45, 7) is 0.147. The Kier molecular flexibility index (Phi) is 5.79. The smallest absolute Gasteiger partial charge is 0.407 e. The number of ether oxygens (including phenoxy) is 1. The van der Waals surface area contributed by atoms with Crippen LogP contribution in [0, 0.1) is 5.82 Å². The lowest BCUT2D eigenvalue weighted by Gasteiger charge is -2.22. The number of rotatable bonds is 6. The van der Waals surface area contributed by atoms with Crippen LogP contribution in [0.2, 0.25) is 0 Å². The number of carbonyl (C=O) groups is 3. The van der Waals surface area contributed by atoms with Crippen LogP contribution in [0.3, 0.4) is 0 Å². The van der Waals surface area contributed by atoms with Gasteiger partial charge in [0.25, 0.3) is 11.7 Å². The number of amides is 3. The van der Waals surface area contributed by atoms with Crippen LogP contribution in [0.4, 0.5) is 14.9 Å². The van der Waals surface area contributed by atoms with Crippen LogP contribution in [-0.4, -0.2) is 41.9 Å². The van der Waals surface area contributed by atoms with E-state index in [-0.39, 0.29) is 37.3 Å². The number of nitrogens with one attached hydrogen (secondary N) is 1. The maximum Gasteiger partial charge on any atom is 0.410 e. The number of anilines is 1. The molecule has 152 valence electrons. The number of nitrogens with zero attached hydrogens (tertiary/aromatic N) is 1. The number of carbonyl (C=O) groups excluding carboxylic acids is 3. The average molecular weight is 401 g/mol. The fraction of sp³-hybridized carbons (Fsp3) is 0.250. The van der Waals surface area contributed by atoms with Crippen LogP contribution in [0.25, 0.3) is 0 Å². The summed E-state index contributed by atoms with van der Waals surface area (Å²) in [6, 6.07) is 12.2. The molecule has 0 spiro atoms. The van der Waals surface area contributed by atoms with E-state index in [2.05, 4.69) is 5.32 Å². The Hall–Kier alpha value is -3.46. The van der Waals surface area contributed by atoms with E-state index in [1.807, 2.05) is 0 Å². The van der Waals surface area contributed by atoms with Crippen molar-refractivity contribution in [3.8, 4) is 0 Å². The minimum Gasteiger partial charge on any atom is -0.407 e. The molecule has 1 unspecified atom stereocenters. The minimum absolute atomic E-state index is 0.0639. The standard InChI is InChI=1S/C20H20FN3O5/c21-16-7-2-1-4-13(16)8-10-23-19(27)29-20(28)9-11-24(18(20)26)15-6-3-5-14(12-15)17(22)25/h1-7,12,28H,8-11H2,(H2,22,25)(H,23,27). The number of hydrogen-bond donors (Lipinski definition) is 3. The highest BCUT2D eigenvalue weighted by molar-refractivity contribution is 6.02. The van der Waals surface area contributed by atoms with Crippen molar-refractivity contribution < 1.29 is 28.6 Å². The summed E-state index contributed by atoms with van der Waals surface area (Å²) in [5, 5.41) is 12.9. The highest BCUT2D eigenvalue weighted by Gasteiger charge is 2.49. The van der Waals surface area contributed by atoms with Gasteiger partial charge in [-0.3, -0.25) is 9.59 Å². The lowest BCUT2D eigenvalue weighted by Crippen LogP contribution is -2.46. The van der Waals surface area contributed by atoms with E-state index >= 15 is 0 Å². The minimum atomic E-state index is -2.33. The highest BCUT2D eigenvalue weighted by Crippen LogP contribution is 2.29. The number of benzene rings is 2. The number of nitrogens with two attached hydrogens (primary N) is 1. The Bertz CT molecular complexity index is 951. The van der Waals surface area contributed by atoms with Crippen LogP contribution in [0.15, 0.2) is 48.5 Å². The summed E-state index contributed by atoms with van der Waals surface area (Å²) >= 11 is 0. The summed E-state index contributed by atoms with van der Waals surface area (Å²) in [6.07, 6.45) is -0.919. The monoisotopic (exact) mass is 401 g/mol. The van der Waals surface area contributed by atoms with Gasteiger partial charge < -0.3 is 25.8 Å². The topological polar surface area (TPSA) is 122 Å². The van der Waals surface area contributed by atoms with Gasteiger partial charge in [-0.1, -0.05) is 24.3 Å². The van der Waals surface area contributed by atoms with Crippen molar-refractivity contribution in [3.63, 3.8) is 0 Å². The molecule has 0 bridgehead atoms. The van der Waals surface area contributed by atoms with Gasteiger partial charge in [0.05, 0.1) is 0 Å². The van der Waals surface area contributed by atoms with Gasteiger partial charge in [-0.15, -0.1) is 0 Å². The van der Waals surface area contributed by atoms with E-state index in [0.29, 0.717) is 11.3 Å². The summed E-state index contributed by atoms with van der Waals surface area (Å²) in [7, 11) is 0. The second kappa shape index (κ2) is 8.27. The molecule has 1 saturated heterocycles. The van der Waals surface area contributed by atoms with E-state index < -0.39 is 23.7 Å². The van der Waals surface area contributed by atoms with Crippen molar-refractivity contribution in [2.75, 3.05) is 18.0 Å². The maximum atomic E-state index is 13.6. The van der Waals surface area contributed by atoms with Gasteiger partial charge in [0.2, 0.25) is 5.91 Å². The first-order chi connectivity index (χ1) is 13.8. The van der Waals surface area contributed by atoms with Crippen molar-refractivity contribution in [2.24, 2.45) is 5.73 Å². The first-order valence-electron chi connectivity index (χ1n) is 8.94. The lowest BCUT2D eigenvalue weighted by atomic mass is 10.1. The third-order valence-electron chi connectivity index (χ3n) is 4.58. The number of alkyl carbamates (subject to hydrolysis) is 1. The van der Waals surface area contributed by atoms with Gasteiger partial charge in [-0.2, -0.15) is 0 Å². The van der Waals surface area contributed by atoms with E-state index in [0.717, 1.165) is 0 Å². The Balaban J connectivity index is 1.59. The fourth-order valence-electron chi connectivity index (χ4n) is 3.04. The van der Waals surface area contributed by atoms with Gasteiger partial charge >= 0.3 is 6.09 Å². The molecule has 2 aromatic carbocycles. The molecule has 3 rings (SSSR count). The molecule has 2 aromatic rings. The average Bonchev–Trinajstić information content (AvgIpc) is 2.98. The molecule has 0 saturated carbocycles. The fourth-order valence-corrected chi connectivity index (χ4v) is 3.04. The molecule has 4 N–H and O–H groups in total. The Labute approximate surface area is 166 Å². The number of hydrogen-bond acceptors (Lipinski definition) is 5. The zero-order chi connectivity index (χ0) is 21.0. The molecule has 9 heteroatoms. The van der Waals surface area contributed by atoms with Gasteiger partial charge in [-0.05, 0) is 36.2 Å². The second-order valence-electron chi connectivity index (χ2n) is 6.56. The first-order valence-corrected chi connectivity index (χ1v) is 8.94. The molecular weight excluding hydrogens is 381 g/mol. The largest absolute Gasteiger partial charge is 0.410 e. The summed E-state index contributed by atoms with van der Waals surface area (Å²) < 4.78 is 18.5. The van der Waals surface area contributed by atoms with Crippen LogP contribution >= 0.6 is 0 Å². The number of aliphatic hydroxyl groups is 1. The molecule has 8 nitrogen and oxygen atoms in total. The summed E-state index contributed by atoms with van der Waals surface area (Å²) in [5.41, 5.74) is 6.22. The molecule has 0 aliphatic carbocycles. The van der Waals surface area contributed by atoms with Gasteiger partial charge in [0.1, 0.15) is 5.82 Å². The van der Waals surface area contributed by atoms with Crippen LogP contribution in [0.1, 0.15) is 22.3 Å². The van der Waals surface area contributed by atoms with E-state index in [1.54, 1.807) is 30.3 Å². The van der Waals surface area contributed by atoms with Crippen molar-refractivity contribution in [1.82, 2.24) is 5.32 Å². The van der Waals surface area contributed by atoms with Crippen LogP contribution in [0.5, 0.6) is 0 Å². The Morgan fingerprint density at radius 3 is 2.72 bits per heavy atom. The zero-order valence-electron chi connectivity index (χ0n) is 15.4. The van der Waals surface area contributed by atoms with Crippen molar-refractivity contribution >= 4 is 23.6 Å². The molecule has 1 aliphatic heterocycles. The number of halogens is 1. The SMILES string of the molecule is NC(=O)c1cccc(N2CCC(O)(OC(=O)NCCc3ccccc3F)C2=O)c1.